The minimum Gasteiger partial charge on any atom is -0.486 e. The van der Waals surface area contributed by atoms with Crippen molar-refractivity contribution in [2.45, 2.75) is 84.5 Å². The van der Waals surface area contributed by atoms with Gasteiger partial charge in [-0.25, -0.2) is 8.42 Å². The third-order valence-corrected chi connectivity index (χ3v) is 7.95. The number of benzene rings is 1. The number of sulfonamides is 1. The third kappa shape index (κ3) is 5.95. The summed E-state index contributed by atoms with van der Waals surface area (Å²) < 4.78 is 42.2. The fourth-order valence-corrected chi connectivity index (χ4v) is 6.13. The van der Waals surface area contributed by atoms with Crippen LogP contribution in [0.3, 0.4) is 0 Å². The first kappa shape index (κ1) is 27.8. The van der Waals surface area contributed by atoms with Crippen molar-refractivity contribution in [3.63, 3.8) is 0 Å². The smallest absolute Gasteiger partial charge is 0.310 e. The predicted octanol–water partition coefficient (Wildman–Crippen LogP) is 4.65. The number of aryl methyl sites for hydroxylation is 1. The maximum atomic E-state index is 13.9. The van der Waals surface area contributed by atoms with E-state index in [1.165, 1.54) is 15.2 Å². The second kappa shape index (κ2) is 9.94. The van der Waals surface area contributed by atoms with Gasteiger partial charge in [-0.15, -0.1) is 0 Å². The van der Waals surface area contributed by atoms with Crippen molar-refractivity contribution in [3.05, 3.63) is 34.6 Å². The molecule has 1 atom stereocenters. The van der Waals surface area contributed by atoms with Crippen molar-refractivity contribution in [1.82, 2.24) is 9.78 Å². The number of hydrogen-bond donors (Lipinski definition) is 0. The molecule has 9 nitrogen and oxygen atoms in total. The molecule has 0 saturated carbocycles. The van der Waals surface area contributed by atoms with Crippen LogP contribution >= 0.6 is 11.6 Å². The van der Waals surface area contributed by atoms with Crippen LogP contribution in [-0.4, -0.2) is 42.4 Å². The molecular weight excluding hydrogens is 504 g/mol. The first-order valence-electron chi connectivity index (χ1n) is 11.8. The minimum atomic E-state index is -4.15. The largest absolute Gasteiger partial charge is 0.486 e. The quantitative estimate of drug-likeness (QED) is 0.473. The fraction of sp³-hybridized carbons (Fsp3) is 0.560. The van der Waals surface area contributed by atoms with Crippen molar-refractivity contribution in [2.24, 2.45) is 5.41 Å². The number of aromatic nitrogens is 2. The zero-order valence-electron chi connectivity index (χ0n) is 21.8. The Morgan fingerprint density at radius 3 is 2.53 bits per heavy atom. The van der Waals surface area contributed by atoms with E-state index in [1.54, 1.807) is 53.7 Å². The van der Waals surface area contributed by atoms with Crippen molar-refractivity contribution < 1.29 is 22.7 Å². The van der Waals surface area contributed by atoms with Crippen molar-refractivity contribution in [1.29, 1.82) is 5.26 Å². The number of hydrogen-bond acceptors (Lipinski definition) is 7. The van der Waals surface area contributed by atoms with Gasteiger partial charge in [-0.05, 0) is 65.7 Å². The Hall–Kier alpha value is -2.77. The van der Waals surface area contributed by atoms with Gasteiger partial charge >= 0.3 is 5.97 Å². The van der Waals surface area contributed by atoms with E-state index in [0.717, 1.165) is 0 Å². The normalized spacial score (nSPS) is 16.2. The van der Waals surface area contributed by atoms with Gasteiger partial charge in [0.15, 0.2) is 5.15 Å². The lowest BCUT2D eigenvalue weighted by Gasteiger charge is -2.38. The van der Waals surface area contributed by atoms with E-state index in [-0.39, 0.29) is 23.0 Å². The number of rotatable bonds is 7. The number of anilines is 1. The van der Waals surface area contributed by atoms with Crippen molar-refractivity contribution >= 4 is 33.3 Å². The van der Waals surface area contributed by atoms with Crippen LogP contribution in [0.25, 0.3) is 0 Å². The first-order valence-corrected chi connectivity index (χ1v) is 13.6. The lowest BCUT2D eigenvalue weighted by molar-refractivity contribution is -0.153. The van der Waals surface area contributed by atoms with Gasteiger partial charge in [0.05, 0.1) is 30.1 Å². The van der Waals surface area contributed by atoms with Crippen LogP contribution in [0.4, 0.5) is 5.69 Å². The average Bonchev–Trinajstić information content (AvgIpc) is 3.15. The van der Waals surface area contributed by atoms with Gasteiger partial charge in [0, 0.05) is 19.2 Å². The number of carbonyl (C=O) groups is 1. The lowest BCUT2D eigenvalue weighted by atomic mass is 9.88. The second-order valence-electron chi connectivity index (χ2n) is 10.6. The molecule has 0 N–H and O–H groups in total. The molecule has 2 aromatic rings. The molecule has 2 heterocycles. The van der Waals surface area contributed by atoms with E-state index >= 15 is 0 Å². The maximum absolute atomic E-state index is 13.9. The van der Waals surface area contributed by atoms with Gasteiger partial charge < -0.3 is 9.47 Å². The number of esters is 1. The van der Waals surface area contributed by atoms with Crippen LogP contribution in [-0.2, 0) is 32.5 Å². The Morgan fingerprint density at radius 1 is 1.31 bits per heavy atom. The highest BCUT2D eigenvalue weighted by atomic mass is 35.5. The molecule has 0 amide bonds. The van der Waals surface area contributed by atoms with Gasteiger partial charge in [-0.2, -0.15) is 10.4 Å². The van der Waals surface area contributed by atoms with Gasteiger partial charge in [-0.3, -0.25) is 13.8 Å². The molecule has 0 bridgehead atoms. The Balaban J connectivity index is 2.11. The van der Waals surface area contributed by atoms with Crippen LogP contribution in [0.15, 0.2) is 23.2 Å². The first-order chi connectivity index (χ1) is 16.6. The number of nitrogens with zero attached hydrogens (tertiary/aromatic N) is 4. The monoisotopic (exact) mass is 536 g/mol. The number of ether oxygens (including phenoxy) is 2. The molecule has 0 saturated heterocycles. The molecule has 11 heteroatoms. The average molecular weight is 537 g/mol. The van der Waals surface area contributed by atoms with E-state index in [2.05, 4.69) is 11.2 Å². The van der Waals surface area contributed by atoms with E-state index in [1.807, 2.05) is 6.92 Å². The summed E-state index contributed by atoms with van der Waals surface area (Å²) in [5, 5.41) is 13.5. The van der Waals surface area contributed by atoms with Crippen LogP contribution in [0, 0.1) is 23.7 Å². The van der Waals surface area contributed by atoms with E-state index in [9.17, 15) is 18.5 Å². The van der Waals surface area contributed by atoms with Crippen LogP contribution in [0.5, 0.6) is 5.75 Å². The lowest BCUT2D eigenvalue weighted by Crippen LogP contribution is -2.45. The van der Waals surface area contributed by atoms with Gasteiger partial charge in [-0.1, -0.05) is 17.7 Å². The molecule has 3 rings (SSSR count). The van der Waals surface area contributed by atoms with Crippen LogP contribution in [0.1, 0.15) is 59.1 Å². The Bertz CT molecular complexity index is 1300. The number of carbonyl (C=O) groups excluding carboxylic acids is 1. The second-order valence-corrected chi connectivity index (χ2v) is 12.8. The summed E-state index contributed by atoms with van der Waals surface area (Å²) in [6.07, 6.45) is 1.12. The zero-order chi connectivity index (χ0) is 27.1. The molecule has 0 fully saturated rings. The molecule has 0 spiro atoms. The third-order valence-electron chi connectivity index (χ3n) is 5.79. The minimum absolute atomic E-state index is 0.0230. The Kier molecular flexibility index (Phi) is 7.68. The van der Waals surface area contributed by atoms with Crippen LogP contribution in [0.2, 0.25) is 5.15 Å². The van der Waals surface area contributed by atoms with Gasteiger partial charge in [0.1, 0.15) is 22.4 Å². The maximum Gasteiger partial charge on any atom is 0.310 e. The molecule has 1 aliphatic rings. The molecule has 196 valence electrons. The highest BCUT2D eigenvalue weighted by Crippen LogP contribution is 2.43. The zero-order valence-corrected chi connectivity index (χ0v) is 23.3. The van der Waals surface area contributed by atoms with Crippen LogP contribution < -0.4 is 9.04 Å². The van der Waals surface area contributed by atoms with Crippen molar-refractivity contribution in [3.8, 4) is 11.8 Å². The van der Waals surface area contributed by atoms with Gasteiger partial charge in [0.25, 0.3) is 10.0 Å². The molecule has 0 radical (unpaired) electrons. The van der Waals surface area contributed by atoms with E-state index in [4.69, 9.17) is 21.1 Å². The molecule has 1 aromatic heterocycles. The summed E-state index contributed by atoms with van der Waals surface area (Å²) in [4.78, 5) is 12.4. The summed E-state index contributed by atoms with van der Waals surface area (Å²) in [5.74, 6) is -0.0643. The topological polar surface area (TPSA) is 115 Å². The number of nitriles is 1. The van der Waals surface area contributed by atoms with Crippen molar-refractivity contribution in [2.75, 3.05) is 10.8 Å². The number of halogens is 1. The van der Waals surface area contributed by atoms with E-state index < -0.39 is 33.1 Å². The standard InChI is InChI=1S/C25H33ClN4O5S/c1-8-29-14-20(23(26)28-29)36(32,33)30-13-18(12-25(6,7)15-27)34-19-10-9-17(16(2)22(19)30)11-21(31)35-24(3,4)5/h9-10,14,18H,8,11-13H2,1-7H3/t18-/m0/s1. The summed E-state index contributed by atoms with van der Waals surface area (Å²) in [6.45, 7) is 12.9. The SMILES string of the molecule is CCn1cc(S(=O)(=O)N2C[C@H](CC(C)(C)C#N)Oc3ccc(CC(=O)OC(C)(C)C)c(C)c32)c(Cl)n1. The summed E-state index contributed by atoms with van der Waals surface area (Å²) in [5.41, 5.74) is 0.169. The molecule has 0 aliphatic carbocycles. The summed E-state index contributed by atoms with van der Waals surface area (Å²) in [7, 11) is -4.15. The van der Waals surface area contributed by atoms with E-state index in [0.29, 0.717) is 35.5 Å². The fourth-order valence-electron chi connectivity index (χ4n) is 4.11. The summed E-state index contributed by atoms with van der Waals surface area (Å²) in [6, 6.07) is 5.64. The molecule has 36 heavy (non-hydrogen) atoms. The van der Waals surface area contributed by atoms with Gasteiger partial charge in [0.2, 0.25) is 0 Å². The predicted molar refractivity (Wildman–Crippen MR) is 137 cm³/mol. The summed E-state index contributed by atoms with van der Waals surface area (Å²) >= 11 is 6.25. The molecule has 0 unspecified atom stereocenters. The molecule has 1 aromatic carbocycles. The molecular formula is C25H33ClN4O5S. The number of fused-ring (bicyclic) bond motifs is 1. The highest BCUT2D eigenvalue weighted by molar-refractivity contribution is 7.93. The molecule has 1 aliphatic heterocycles. The highest BCUT2D eigenvalue weighted by Gasteiger charge is 2.40. The Morgan fingerprint density at radius 2 is 1.97 bits per heavy atom. The Labute approximate surface area is 218 Å².